The number of likely N-dealkylation sites (tertiary alicyclic amines) is 1. The Morgan fingerprint density at radius 3 is 2.95 bits per heavy atom. The second-order valence-electron chi connectivity index (χ2n) is 5.06. The molecule has 1 aliphatic rings. The van der Waals surface area contributed by atoms with Gasteiger partial charge in [0.2, 0.25) is 0 Å². The third-order valence-corrected chi connectivity index (χ3v) is 3.73. The second kappa shape index (κ2) is 6.06. The lowest BCUT2D eigenvalue weighted by atomic mass is 10.0. The van der Waals surface area contributed by atoms with Crippen LogP contribution in [0.15, 0.2) is 24.3 Å². The molecule has 1 saturated heterocycles. The highest BCUT2D eigenvalue weighted by Gasteiger charge is 2.29. The number of hydrogen-bond acceptors (Lipinski definition) is 3. The number of rotatable bonds is 3. The summed E-state index contributed by atoms with van der Waals surface area (Å²) in [5.74, 6) is 0.441. The Hall–Kier alpha value is -1.55. The van der Waals surface area contributed by atoms with Crippen LogP contribution in [0.25, 0.3) is 0 Å². The molecule has 4 nitrogen and oxygen atoms in total. The van der Waals surface area contributed by atoms with Crippen molar-refractivity contribution >= 4 is 5.91 Å². The molecule has 0 aliphatic carbocycles. The van der Waals surface area contributed by atoms with Crippen molar-refractivity contribution in [2.24, 2.45) is 0 Å². The Morgan fingerprint density at radius 1 is 1.47 bits per heavy atom. The van der Waals surface area contributed by atoms with Crippen LogP contribution in [0, 0.1) is 0 Å². The topological polar surface area (TPSA) is 49.8 Å². The standard InChI is InChI=1S/C15H21NO3/c1-11-6-3-4-9-16(11)15(18)14(17)12-7-5-8-13(10-12)19-2/h5,7-8,10-11,14,17H,3-4,6,9H2,1-2H3. The summed E-state index contributed by atoms with van der Waals surface area (Å²) < 4.78 is 5.12. The lowest BCUT2D eigenvalue weighted by Gasteiger charge is -2.34. The first kappa shape index (κ1) is 13.9. The van der Waals surface area contributed by atoms with E-state index in [0.717, 1.165) is 25.8 Å². The Bertz CT molecular complexity index is 447. The number of benzene rings is 1. The number of aliphatic hydroxyl groups is 1. The summed E-state index contributed by atoms with van der Waals surface area (Å²) in [4.78, 5) is 14.1. The normalized spacial score (nSPS) is 21.0. The monoisotopic (exact) mass is 263 g/mol. The zero-order valence-corrected chi connectivity index (χ0v) is 11.5. The van der Waals surface area contributed by atoms with Gasteiger partial charge in [0.25, 0.3) is 5.91 Å². The summed E-state index contributed by atoms with van der Waals surface area (Å²) >= 11 is 0. The van der Waals surface area contributed by atoms with Crippen molar-refractivity contribution in [3.63, 3.8) is 0 Å². The van der Waals surface area contributed by atoms with Crippen LogP contribution in [-0.2, 0) is 4.79 Å². The van der Waals surface area contributed by atoms with Crippen molar-refractivity contribution in [3.05, 3.63) is 29.8 Å². The van der Waals surface area contributed by atoms with Gasteiger partial charge in [0.1, 0.15) is 5.75 Å². The number of aliphatic hydroxyl groups excluding tert-OH is 1. The third-order valence-electron chi connectivity index (χ3n) is 3.73. The number of piperidine rings is 1. The minimum Gasteiger partial charge on any atom is -0.497 e. The van der Waals surface area contributed by atoms with E-state index in [9.17, 15) is 9.90 Å². The van der Waals surface area contributed by atoms with Crippen LogP contribution in [-0.4, -0.2) is 35.6 Å². The highest BCUT2D eigenvalue weighted by atomic mass is 16.5. The number of carbonyl (C=O) groups is 1. The number of hydrogen-bond donors (Lipinski definition) is 1. The van der Waals surface area contributed by atoms with Crippen molar-refractivity contribution in [1.82, 2.24) is 4.90 Å². The van der Waals surface area contributed by atoms with Gasteiger partial charge in [-0.05, 0) is 43.9 Å². The van der Waals surface area contributed by atoms with Gasteiger partial charge in [-0.2, -0.15) is 0 Å². The molecule has 4 heteroatoms. The number of methoxy groups -OCH3 is 1. The lowest BCUT2D eigenvalue weighted by molar-refractivity contribution is -0.143. The average Bonchev–Trinajstić information content (AvgIpc) is 2.46. The molecule has 1 heterocycles. The first-order valence-corrected chi connectivity index (χ1v) is 6.76. The van der Waals surface area contributed by atoms with Crippen LogP contribution in [0.4, 0.5) is 0 Å². The highest BCUT2D eigenvalue weighted by Crippen LogP contribution is 2.24. The summed E-state index contributed by atoms with van der Waals surface area (Å²) in [6.45, 7) is 2.77. The minimum atomic E-state index is -1.10. The molecule has 2 unspecified atom stereocenters. The predicted molar refractivity (Wildman–Crippen MR) is 73.0 cm³/mol. The van der Waals surface area contributed by atoms with E-state index in [2.05, 4.69) is 0 Å². The van der Waals surface area contributed by atoms with E-state index in [1.165, 1.54) is 0 Å². The summed E-state index contributed by atoms with van der Waals surface area (Å²) in [6, 6.07) is 7.24. The van der Waals surface area contributed by atoms with E-state index in [-0.39, 0.29) is 11.9 Å². The predicted octanol–water partition coefficient (Wildman–Crippen LogP) is 2.13. The molecule has 0 radical (unpaired) electrons. The van der Waals surface area contributed by atoms with E-state index in [4.69, 9.17) is 4.74 Å². The SMILES string of the molecule is COc1cccc(C(O)C(=O)N2CCCCC2C)c1. The fraction of sp³-hybridized carbons (Fsp3) is 0.533. The maximum atomic E-state index is 12.3. The fourth-order valence-corrected chi connectivity index (χ4v) is 2.54. The van der Waals surface area contributed by atoms with Crippen LogP contribution < -0.4 is 4.74 Å². The van der Waals surface area contributed by atoms with Crippen molar-refractivity contribution in [3.8, 4) is 5.75 Å². The zero-order valence-electron chi connectivity index (χ0n) is 11.5. The summed E-state index contributed by atoms with van der Waals surface area (Å²) in [5, 5.41) is 10.2. The van der Waals surface area contributed by atoms with Gasteiger partial charge in [0, 0.05) is 12.6 Å². The molecular formula is C15H21NO3. The van der Waals surface area contributed by atoms with E-state index in [1.54, 1.807) is 36.3 Å². The molecule has 0 saturated carbocycles. The van der Waals surface area contributed by atoms with E-state index in [0.29, 0.717) is 11.3 Å². The van der Waals surface area contributed by atoms with Crippen LogP contribution in [0.5, 0.6) is 5.75 Å². The van der Waals surface area contributed by atoms with Crippen LogP contribution in [0.2, 0.25) is 0 Å². The van der Waals surface area contributed by atoms with E-state index >= 15 is 0 Å². The Balaban J connectivity index is 2.13. The van der Waals surface area contributed by atoms with Gasteiger partial charge in [-0.15, -0.1) is 0 Å². The van der Waals surface area contributed by atoms with Gasteiger partial charge in [0.15, 0.2) is 6.10 Å². The third kappa shape index (κ3) is 3.07. The summed E-state index contributed by atoms with van der Waals surface area (Å²) in [7, 11) is 1.57. The van der Waals surface area contributed by atoms with Gasteiger partial charge < -0.3 is 14.7 Å². The largest absolute Gasteiger partial charge is 0.497 e. The molecule has 1 aromatic carbocycles. The number of ether oxygens (including phenoxy) is 1. The lowest BCUT2D eigenvalue weighted by Crippen LogP contribution is -2.44. The first-order chi connectivity index (χ1) is 9.13. The number of carbonyl (C=O) groups excluding carboxylic acids is 1. The molecule has 0 bridgehead atoms. The van der Waals surface area contributed by atoms with Gasteiger partial charge in [-0.3, -0.25) is 4.79 Å². The second-order valence-corrected chi connectivity index (χ2v) is 5.06. The summed E-state index contributed by atoms with van der Waals surface area (Å²) in [5.41, 5.74) is 0.585. The molecule has 1 fully saturated rings. The molecular weight excluding hydrogens is 242 g/mol. The van der Waals surface area contributed by atoms with Crippen molar-refractivity contribution in [1.29, 1.82) is 0 Å². The molecule has 1 aliphatic heterocycles. The zero-order chi connectivity index (χ0) is 13.8. The van der Waals surface area contributed by atoms with Crippen molar-refractivity contribution in [2.75, 3.05) is 13.7 Å². The molecule has 2 atom stereocenters. The van der Waals surface area contributed by atoms with Crippen LogP contribution in [0.3, 0.4) is 0 Å². The molecule has 1 N–H and O–H groups in total. The molecule has 19 heavy (non-hydrogen) atoms. The Morgan fingerprint density at radius 2 is 2.26 bits per heavy atom. The molecule has 104 valence electrons. The minimum absolute atomic E-state index is 0.208. The Labute approximate surface area is 114 Å². The van der Waals surface area contributed by atoms with Crippen LogP contribution >= 0.6 is 0 Å². The molecule has 0 aromatic heterocycles. The van der Waals surface area contributed by atoms with Gasteiger partial charge in [0.05, 0.1) is 7.11 Å². The number of amides is 1. The molecule has 1 aromatic rings. The summed E-state index contributed by atoms with van der Waals surface area (Å²) in [6.07, 6.45) is 2.08. The maximum Gasteiger partial charge on any atom is 0.256 e. The molecule has 1 amide bonds. The number of nitrogens with zero attached hydrogens (tertiary/aromatic N) is 1. The molecule has 0 spiro atoms. The quantitative estimate of drug-likeness (QED) is 0.909. The highest BCUT2D eigenvalue weighted by molar-refractivity contribution is 5.82. The van der Waals surface area contributed by atoms with E-state index in [1.807, 2.05) is 6.92 Å². The van der Waals surface area contributed by atoms with Gasteiger partial charge in [-0.25, -0.2) is 0 Å². The smallest absolute Gasteiger partial charge is 0.256 e. The van der Waals surface area contributed by atoms with Gasteiger partial charge in [-0.1, -0.05) is 12.1 Å². The Kier molecular flexibility index (Phi) is 4.43. The fourth-order valence-electron chi connectivity index (χ4n) is 2.54. The van der Waals surface area contributed by atoms with Gasteiger partial charge >= 0.3 is 0 Å². The molecule has 2 rings (SSSR count). The maximum absolute atomic E-state index is 12.3. The first-order valence-electron chi connectivity index (χ1n) is 6.76. The average molecular weight is 263 g/mol. The van der Waals surface area contributed by atoms with E-state index < -0.39 is 6.10 Å². The van der Waals surface area contributed by atoms with Crippen LogP contribution in [0.1, 0.15) is 37.9 Å². The van der Waals surface area contributed by atoms with Crippen molar-refractivity contribution < 1.29 is 14.6 Å². The van der Waals surface area contributed by atoms with Crippen molar-refractivity contribution in [2.45, 2.75) is 38.3 Å².